The second kappa shape index (κ2) is 8.44. The quantitative estimate of drug-likeness (QED) is 0.746. The van der Waals surface area contributed by atoms with E-state index in [-0.39, 0.29) is 16.6 Å². The lowest BCUT2D eigenvalue weighted by atomic mass is 10.2. The molecule has 0 bridgehead atoms. The normalized spacial score (nSPS) is 11.1. The van der Waals surface area contributed by atoms with Gasteiger partial charge in [-0.2, -0.15) is 11.8 Å². The van der Waals surface area contributed by atoms with E-state index in [1.807, 2.05) is 11.8 Å². The molecule has 0 saturated heterocycles. The van der Waals surface area contributed by atoms with Crippen molar-refractivity contribution in [3.8, 4) is 0 Å². The number of benzene rings is 1. The highest BCUT2D eigenvalue weighted by atomic mass is 35.5. The topological polar surface area (TPSA) is 58.2 Å². The Morgan fingerprint density at radius 3 is 2.50 bits per heavy atom. The minimum Gasteiger partial charge on any atom is -0.326 e. The first-order valence-corrected chi connectivity index (χ1v) is 8.55. The first kappa shape index (κ1) is 18.8. The molecule has 0 heterocycles. The van der Waals surface area contributed by atoms with Crippen LogP contribution >= 0.6 is 23.4 Å². The average molecular weight is 343 g/mol. The summed E-state index contributed by atoms with van der Waals surface area (Å²) in [4.78, 5) is 23.0. The summed E-state index contributed by atoms with van der Waals surface area (Å²) in [6.45, 7) is 7.90. The molecule has 1 aromatic carbocycles. The van der Waals surface area contributed by atoms with Gasteiger partial charge in [0.25, 0.3) is 0 Å². The molecule has 0 unspecified atom stereocenters. The molecule has 0 aliphatic carbocycles. The Hall–Kier alpha value is -1.20. The van der Waals surface area contributed by atoms with Crippen LogP contribution < -0.4 is 10.6 Å². The number of halogens is 1. The maximum absolute atomic E-state index is 11.9. The van der Waals surface area contributed by atoms with Gasteiger partial charge in [0.15, 0.2) is 0 Å². The van der Waals surface area contributed by atoms with Crippen molar-refractivity contribution in [1.29, 1.82) is 0 Å². The molecular weight excluding hydrogens is 320 g/mol. The third-order valence-corrected chi connectivity index (χ3v) is 4.33. The lowest BCUT2D eigenvalue weighted by Crippen LogP contribution is -2.13. The fourth-order valence-electron chi connectivity index (χ4n) is 1.72. The van der Waals surface area contributed by atoms with Crippen molar-refractivity contribution in [1.82, 2.24) is 0 Å². The number of carbonyl (C=O) groups excluding carboxylic acids is 2. The van der Waals surface area contributed by atoms with Crippen LogP contribution in [-0.2, 0) is 9.59 Å². The highest BCUT2D eigenvalue weighted by Crippen LogP contribution is 2.26. The van der Waals surface area contributed by atoms with Gasteiger partial charge in [-0.25, -0.2) is 0 Å². The lowest BCUT2D eigenvalue weighted by molar-refractivity contribution is -0.116. The zero-order valence-electron chi connectivity index (χ0n) is 13.5. The summed E-state index contributed by atoms with van der Waals surface area (Å²) >= 11 is 7.84. The van der Waals surface area contributed by atoms with Crippen LogP contribution in [0.5, 0.6) is 0 Å². The standard InChI is InChI=1S/C16H23ClN2O2S/c1-11(20)18-14-10-12(7-8-13(14)17)19-15(21)6-5-9-22-16(2,3)4/h7-8,10H,5-6,9H2,1-4H3,(H,18,20)(H,19,21). The third-order valence-electron chi connectivity index (χ3n) is 2.64. The van der Waals surface area contributed by atoms with Gasteiger partial charge in [-0.3, -0.25) is 9.59 Å². The fourth-order valence-corrected chi connectivity index (χ4v) is 2.79. The monoisotopic (exact) mass is 342 g/mol. The average Bonchev–Trinajstić information content (AvgIpc) is 2.37. The van der Waals surface area contributed by atoms with E-state index in [2.05, 4.69) is 31.4 Å². The van der Waals surface area contributed by atoms with Crippen LogP contribution in [0.2, 0.25) is 5.02 Å². The van der Waals surface area contributed by atoms with E-state index in [1.165, 1.54) is 6.92 Å². The number of hydrogen-bond acceptors (Lipinski definition) is 3. The summed E-state index contributed by atoms with van der Waals surface area (Å²) in [5.41, 5.74) is 1.12. The van der Waals surface area contributed by atoms with Gasteiger partial charge in [-0.1, -0.05) is 32.4 Å². The fraction of sp³-hybridized carbons (Fsp3) is 0.500. The van der Waals surface area contributed by atoms with Gasteiger partial charge in [0.2, 0.25) is 11.8 Å². The smallest absolute Gasteiger partial charge is 0.224 e. The van der Waals surface area contributed by atoms with E-state index in [1.54, 1.807) is 18.2 Å². The third kappa shape index (κ3) is 7.71. The number of thioether (sulfide) groups is 1. The maximum atomic E-state index is 11.9. The molecule has 122 valence electrons. The largest absolute Gasteiger partial charge is 0.326 e. The van der Waals surface area contributed by atoms with Gasteiger partial charge >= 0.3 is 0 Å². The van der Waals surface area contributed by atoms with Crippen molar-refractivity contribution in [3.63, 3.8) is 0 Å². The molecule has 0 spiro atoms. The molecule has 2 N–H and O–H groups in total. The lowest BCUT2D eigenvalue weighted by Gasteiger charge is -2.17. The Bertz CT molecular complexity index is 541. The summed E-state index contributed by atoms with van der Waals surface area (Å²) in [6.07, 6.45) is 1.31. The maximum Gasteiger partial charge on any atom is 0.224 e. The van der Waals surface area contributed by atoms with Crippen LogP contribution in [0.25, 0.3) is 0 Å². The number of nitrogens with one attached hydrogen (secondary N) is 2. The van der Waals surface area contributed by atoms with Crippen molar-refractivity contribution >= 4 is 46.6 Å². The Morgan fingerprint density at radius 1 is 1.23 bits per heavy atom. The summed E-state index contributed by atoms with van der Waals surface area (Å²) in [6, 6.07) is 5.03. The first-order chi connectivity index (χ1) is 10.2. The molecular formula is C16H23ClN2O2S. The number of carbonyl (C=O) groups is 2. The minimum atomic E-state index is -0.204. The zero-order valence-corrected chi connectivity index (χ0v) is 15.0. The second-order valence-corrected chi connectivity index (χ2v) is 8.32. The highest BCUT2D eigenvalue weighted by Gasteiger charge is 2.11. The Morgan fingerprint density at radius 2 is 1.91 bits per heavy atom. The van der Waals surface area contributed by atoms with Gasteiger partial charge < -0.3 is 10.6 Å². The molecule has 0 radical (unpaired) electrons. The molecule has 6 heteroatoms. The molecule has 1 aromatic rings. The summed E-state index contributed by atoms with van der Waals surface area (Å²) < 4.78 is 0.222. The van der Waals surface area contributed by atoms with Crippen LogP contribution in [-0.4, -0.2) is 22.3 Å². The number of rotatable bonds is 6. The first-order valence-electron chi connectivity index (χ1n) is 7.18. The van der Waals surface area contributed by atoms with E-state index in [9.17, 15) is 9.59 Å². The van der Waals surface area contributed by atoms with Crippen molar-refractivity contribution < 1.29 is 9.59 Å². The molecule has 0 aliphatic heterocycles. The Kier molecular flexibility index (Phi) is 7.23. The van der Waals surface area contributed by atoms with Crippen LogP contribution in [0, 0.1) is 0 Å². The highest BCUT2D eigenvalue weighted by molar-refractivity contribution is 8.00. The molecule has 1 rings (SSSR count). The number of anilines is 2. The van der Waals surface area contributed by atoms with E-state index >= 15 is 0 Å². The second-order valence-electron chi connectivity index (χ2n) is 5.99. The zero-order chi connectivity index (χ0) is 16.8. The molecule has 0 atom stereocenters. The van der Waals surface area contributed by atoms with Crippen molar-refractivity contribution in [2.45, 2.75) is 45.3 Å². The molecule has 2 amide bonds. The summed E-state index contributed by atoms with van der Waals surface area (Å²) in [7, 11) is 0. The van der Waals surface area contributed by atoms with Crippen molar-refractivity contribution in [3.05, 3.63) is 23.2 Å². The van der Waals surface area contributed by atoms with Crippen molar-refractivity contribution in [2.24, 2.45) is 0 Å². The molecule has 4 nitrogen and oxygen atoms in total. The van der Waals surface area contributed by atoms with Crippen LogP contribution in [0.15, 0.2) is 18.2 Å². The molecule has 22 heavy (non-hydrogen) atoms. The van der Waals surface area contributed by atoms with Crippen LogP contribution in [0.3, 0.4) is 0 Å². The van der Waals surface area contributed by atoms with Crippen LogP contribution in [0.4, 0.5) is 11.4 Å². The van der Waals surface area contributed by atoms with E-state index < -0.39 is 0 Å². The van der Waals surface area contributed by atoms with Gasteiger partial charge in [-0.05, 0) is 30.4 Å². The van der Waals surface area contributed by atoms with E-state index in [4.69, 9.17) is 11.6 Å². The van der Waals surface area contributed by atoms with E-state index in [0.29, 0.717) is 22.8 Å². The van der Waals surface area contributed by atoms with Gasteiger partial charge in [-0.15, -0.1) is 0 Å². The molecule has 0 aromatic heterocycles. The Labute approximate surface area is 141 Å². The van der Waals surface area contributed by atoms with Gasteiger partial charge in [0, 0.05) is 23.8 Å². The number of hydrogen-bond donors (Lipinski definition) is 2. The molecule has 0 saturated carbocycles. The predicted molar refractivity (Wildman–Crippen MR) is 95.8 cm³/mol. The summed E-state index contributed by atoms with van der Waals surface area (Å²) in [5, 5.41) is 5.89. The SMILES string of the molecule is CC(=O)Nc1cc(NC(=O)CCCSC(C)(C)C)ccc1Cl. The Balaban J connectivity index is 2.49. The predicted octanol–water partition coefficient (Wildman–Crippen LogP) is 4.55. The van der Waals surface area contributed by atoms with Crippen LogP contribution in [0.1, 0.15) is 40.5 Å². The van der Waals surface area contributed by atoms with Crippen molar-refractivity contribution in [2.75, 3.05) is 16.4 Å². The minimum absolute atomic E-state index is 0.0365. The van der Waals surface area contributed by atoms with E-state index in [0.717, 1.165) is 12.2 Å². The van der Waals surface area contributed by atoms with Gasteiger partial charge in [0.05, 0.1) is 10.7 Å². The molecule has 0 fully saturated rings. The summed E-state index contributed by atoms with van der Waals surface area (Å²) in [5.74, 6) is 0.712. The number of amides is 2. The van der Waals surface area contributed by atoms with Gasteiger partial charge in [0.1, 0.15) is 0 Å². The molecule has 0 aliphatic rings.